The summed E-state index contributed by atoms with van der Waals surface area (Å²) in [5.41, 5.74) is 0.685. The zero-order valence-electron chi connectivity index (χ0n) is 11.0. The van der Waals surface area contributed by atoms with Crippen molar-refractivity contribution in [2.75, 3.05) is 12.4 Å². The molecule has 1 aliphatic heterocycles. The fourth-order valence-corrected chi connectivity index (χ4v) is 2.92. The van der Waals surface area contributed by atoms with Crippen molar-refractivity contribution in [2.45, 2.75) is 45.6 Å². The van der Waals surface area contributed by atoms with Gasteiger partial charge in [-0.3, -0.25) is 4.79 Å². The molecule has 1 unspecified atom stereocenters. The first-order valence-corrected chi connectivity index (χ1v) is 7.11. The van der Waals surface area contributed by atoms with Crippen molar-refractivity contribution < 1.29 is 9.21 Å². The monoisotopic (exact) mass is 269 g/mol. The summed E-state index contributed by atoms with van der Waals surface area (Å²) >= 11 is 6.01. The number of hydrogen-bond acceptors (Lipinski definition) is 2. The topological polar surface area (TPSA) is 33.5 Å². The van der Waals surface area contributed by atoms with Crippen molar-refractivity contribution >= 4 is 17.5 Å². The van der Waals surface area contributed by atoms with E-state index < -0.39 is 0 Å². The maximum Gasteiger partial charge on any atom is 0.257 e. The third-order valence-corrected chi connectivity index (χ3v) is 3.94. The van der Waals surface area contributed by atoms with Crippen molar-refractivity contribution in [3.63, 3.8) is 0 Å². The van der Waals surface area contributed by atoms with Crippen molar-refractivity contribution in [3.8, 4) is 0 Å². The predicted molar refractivity (Wildman–Crippen MR) is 72.2 cm³/mol. The smallest absolute Gasteiger partial charge is 0.257 e. The van der Waals surface area contributed by atoms with Crippen LogP contribution in [0.2, 0.25) is 0 Å². The Morgan fingerprint density at radius 3 is 2.83 bits per heavy atom. The number of alkyl halides is 1. The summed E-state index contributed by atoms with van der Waals surface area (Å²) in [6.07, 6.45) is 4.41. The van der Waals surface area contributed by atoms with Crippen LogP contribution in [0.25, 0.3) is 0 Å². The summed E-state index contributed by atoms with van der Waals surface area (Å²) in [6.45, 7) is 4.51. The number of halogens is 1. The molecule has 1 aliphatic rings. The molecule has 100 valence electrons. The maximum absolute atomic E-state index is 12.6. The Morgan fingerprint density at radius 2 is 2.22 bits per heavy atom. The molecule has 0 aliphatic carbocycles. The first-order valence-electron chi connectivity index (χ1n) is 6.57. The average molecular weight is 270 g/mol. The van der Waals surface area contributed by atoms with Gasteiger partial charge in [-0.25, -0.2) is 0 Å². The van der Waals surface area contributed by atoms with Crippen molar-refractivity contribution in [3.05, 3.63) is 23.2 Å². The molecule has 2 rings (SSSR count). The van der Waals surface area contributed by atoms with Crippen LogP contribution in [0.3, 0.4) is 0 Å². The number of rotatable bonds is 2. The van der Waals surface area contributed by atoms with Gasteiger partial charge in [0.15, 0.2) is 0 Å². The van der Waals surface area contributed by atoms with E-state index in [1.165, 1.54) is 6.42 Å². The molecule has 18 heavy (non-hydrogen) atoms. The highest BCUT2D eigenvalue weighted by Gasteiger charge is 2.27. The molecule has 1 aromatic rings. The second kappa shape index (κ2) is 5.79. The van der Waals surface area contributed by atoms with E-state index in [1.54, 1.807) is 0 Å². The van der Waals surface area contributed by atoms with Crippen LogP contribution in [-0.4, -0.2) is 29.3 Å². The first-order chi connectivity index (χ1) is 8.63. The summed E-state index contributed by atoms with van der Waals surface area (Å²) < 4.78 is 5.45. The molecule has 4 heteroatoms. The highest BCUT2D eigenvalue weighted by molar-refractivity contribution is 6.18. The maximum atomic E-state index is 12.6. The summed E-state index contributed by atoms with van der Waals surface area (Å²) in [5, 5.41) is 0. The number of aryl methyl sites for hydroxylation is 2. The SMILES string of the molecule is Cc1cc(C(=O)N2CCCCCC2CCl)c(C)o1. The Labute approximate surface area is 113 Å². The summed E-state index contributed by atoms with van der Waals surface area (Å²) in [4.78, 5) is 14.5. The van der Waals surface area contributed by atoms with E-state index in [1.807, 2.05) is 24.8 Å². The molecule has 0 N–H and O–H groups in total. The molecule has 2 heterocycles. The molecule has 0 saturated carbocycles. The van der Waals surface area contributed by atoms with Crippen molar-refractivity contribution in [1.82, 2.24) is 4.90 Å². The van der Waals surface area contributed by atoms with Gasteiger partial charge in [0, 0.05) is 18.5 Å². The van der Waals surface area contributed by atoms with Gasteiger partial charge in [-0.05, 0) is 32.8 Å². The van der Waals surface area contributed by atoms with Crippen LogP contribution in [0.4, 0.5) is 0 Å². The van der Waals surface area contributed by atoms with Gasteiger partial charge < -0.3 is 9.32 Å². The highest BCUT2D eigenvalue weighted by atomic mass is 35.5. The van der Waals surface area contributed by atoms with E-state index in [2.05, 4.69) is 0 Å². The predicted octanol–water partition coefficient (Wildman–Crippen LogP) is 3.52. The number of nitrogens with zero attached hydrogens (tertiary/aromatic N) is 1. The van der Waals surface area contributed by atoms with Crippen LogP contribution >= 0.6 is 11.6 Å². The van der Waals surface area contributed by atoms with Crippen molar-refractivity contribution in [1.29, 1.82) is 0 Å². The number of carbonyl (C=O) groups is 1. The number of hydrogen-bond donors (Lipinski definition) is 0. The fraction of sp³-hybridized carbons (Fsp3) is 0.643. The normalized spacial score (nSPS) is 20.8. The number of amides is 1. The molecular weight excluding hydrogens is 250 g/mol. The molecule has 1 fully saturated rings. The molecule has 1 saturated heterocycles. The standard InChI is InChI=1S/C14H20ClNO2/c1-10-8-13(11(2)18-10)14(17)16-7-5-3-4-6-12(16)9-15/h8,12H,3-7,9H2,1-2H3. The van der Waals surface area contributed by atoms with Crippen molar-refractivity contribution in [2.24, 2.45) is 0 Å². The van der Waals surface area contributed by atoms with Gasteiger partial charge in [0.05, 0.1) is 5.56 Å². The molecule has 3 nitrogen and oxygen atoms in total. The van der Waals surface area contributed by atoms with E-state index in [-0.39, 0.29) is 11.9 Å². The van der Waals surface area contributed by atoms with Crippen LogP contribution < -0.4 is 0 Å². The lowest BCUT2D eigenvalue weighted by atomic mass is 10.1. The third kappa shape index (κ3) is 2.72. The fourth-order valence-electron chi connectivity index (χ4n) is 2.60. The van der Waals surface area contributed by atoms with E-state index in [0.29, 0.717) is 17.2 Å². The third-order valence-electron chi connectivity index (χ3n) is 3.59. The molecule has 0 spiro atoms. The van der Waals surface area contributed by atoms with Gasteiger partial charge in [0.1, 0.15) is 11.5 Å². The van der Waals surface area contributed by atoms with Gasteiger partial charge >= 0.3 is 0 Å². The zero-order valence-corrected chi connectivity index (χ0v) is 11.8. The average Bonchev–Trinajstić information content (AvgIpc) is 2.56. The summed E-state index contributed by atoms with van der Waals surface area (Å²) in [7, 11) is 0. The Morgan fingerprint density at radius 1 is 1.44 bits per heavy atom. The van der Waals surface area contributed by atoms with Crippen LogP contribution in [0.15, 0.2) is 10.5 Å². The van der Waals surface area contributed by atoms with Gasteiger partial charge in [-0.15, -0.1) is 11.6 Å². The minimum atomic E-state index is 0.0666. The summed E-state index contributed by atoms with van der Waals surface area (Å²) in [6, 6.07) is 1.99. The molecule has 1 amide bonds. The van der Waals surface area contributed by atoms with Crippen LogP contribution in [0, 0.1) is 13.8 Å². The molecule has 0 bridgehead atoms. The van der Waals surface area contributed by atoms with E-state index in [9.17, 15) is 4.79 Å². The van der Waals surface area contributed by atoms with E-state index in [4.69, 9.17) is 16.0 Å². The van der Waals surface area contributed by atoms with E-state index in [0.717, 1.165) is 31.6 Å². The van der Waals surface area contributed by atoms with Crippen LogP contribution in [0.5, 0.6) is 0 Å². The number of furan rings is 1. The first kappa shape index (κ1) is 13.5. The molecule has 1 aromatic heterocycles. The Hall–Kier alpha value is -0.960. The lowest BCUT2D eigenvalue weighted by molar-refractivity contribution is 0.0698. The molecule has 1 atom stereocenters. The largest absolute Gasteiger partial charge is 0.466 e. The Kier molecular flexibility index (Phi) is 4.33. The van der Waals surface area contributed by atoms with Crippen LogP contribution in [0.1, 0.15) is 47.6 Å². The summed E-state index contributed by atoms with van der Waals surface area (Å²) in [5.74, 6) is 2.07. The Bertz CT molecular complexity index is 427. The zero-order chi connectivity index (χ0) is 13.1. The lowest BCUT2D eigenvalue weighted by Gasteiger charge is -2.28. The second-order valence-electron chi connectivity index (χ2n) is 4.98. The van der Waals surface area contributed by atoms with Gasteiger partial charge in [-0.1, -0.05) is 12.8 Å². The molecule has 0 radical (unpaired) electrons. The quantitative estimate of drug-likeness (QED) is 0.770. The van der Waals surface area contributed by atoms with Gasteiger partial charge in [0.2, 0.25) is 0 Å². The lowest BCUT2D eigenvalue weighted by Crippen LogP contribution is -2.41. The van der Waals surface area contributed by atoms with Gasteiger partial charge in [0.25, 0.3) is 5.91 Å². The Balaban J connectivity index is 2.22. The molecular formula is C14H20ClNO2. The van der Waals surface area contributed by atoms with Crippen LogP contribution in [-0.2, 0) is 0 Å². The second-order valence-corrected chi connectivity index (χ2v) is 5.29. The van der Waals surface area contributed by atoms with Gasteiger partial charge in [-0.2, -0.15) is 0 Å². The highest BCUT2D eigenvalue weighted by Crippen LogP contribution is 2.23. The minimum absolute atomic E-state index is 0.0666. The van der Waals surface area contributed by atoms with E-state index >= 15 is 0 Å². The molecule has 0 aromatic carbocycles. The number of likely N-dealkylation sites (tertiary alicyclic amines) is 1. The minimum Gasteiger partial charge on any atom is -0.466 e. The number of carbonyl (C=O) groups excluding carboxylic acids is 1.